The molecule has 1 aromatic heterocycles. The first-order valence-electron chi connectivity index (χ1n) is 4.74. The van der Waals surface area contributed by atoms with Gasteiger partial charge >= 0.3 is 0 Å². The number of aryl methyl sites for hydroxylation is 1. The van der Waals surface area contributed by atoms with Gasteiger partial charge in [-0.25, -0.2) is 4.98 Å². The molecular weight excluding hydrogens is 244 g/mol. The van der Waals surface area contributed by atoms with Crippen molar-refractivity contribution in [2.45, 2.75) is 13.5 Å². The summed E-state index contributed by atoms with van der Waals surface area (Å²) in [5.74, 6) is 0.666. The second kappa shape index (κ2) is 4.72. The van der Waals surface area contributed by atoms with Crippen LogP contribution in [0.1, 0.15) is 11.3 Å². The maximum atomic E-state index is 6.03. The maximum Gasteiger partial charge on any atom is 0.180 e. The monoisotopic (exact) mass is 254 g/mol. The van der Waals surface area contributed by atoms with E-state index in [1.165, 1.54) is 11.3 Å². The van der Waals surface area contributed by atoms with Gasteiger partial charge in [0.1, 0.15) is 12.4 Å². The highest BCUT2D eigenvalue weighted by Gasteiger charge is 2.04. The van der Waals surface area contributed by atoms with Gasteiger partial charge in [-0.05, 0) is 24.6 Å². The average Bonchev–Trinajstić information content (AvgIpc) is 2.63. The van der Waals surface area contributed by atoms with Crippen molar-refractivity contribution in [1.29, 1.82) is 0 Å². The summed E-state index contributed by atoms with van der Waals surface area (Å²) in [4.78, 5) is 4.10. The number of hydrogen-bond donors (Lipinski definition) is 1. The molecule has 1 aromatic carbocycles. The normalized spacial score (nSPS) is 10.4. The van der Waals surface area contributed by atoms with E-state index in [0.717, 1.165) is 11.3 Å². The molecule has 0 amide bonds. The van der Waals surface area contributed by atoms with Crippen LogP contribution in [0.2, 0.25) is 5.02 Å². The van der Waals surface area contributed by atoms with Gasteiger partial charge in [-0.2, -0.15) is 0 Å². The number of halogens is 1. The number of nitrogens with two attached hydrogens (primary N) is 1. The molecule has 0 saturated carbocycles. The zero-order valence-corrected chi connectivity index (χ0v) is 10.3. The van der Waals surface area contributed by atoms with Crippen molar-refractivity contribution in [2.75, 3.05) is 5.73 Å². The van der Waals surface area contributed by atoms with Gasteiger partial charge in [0.2, 0.25) is 0 Å². The predicted octanol–water partition coefficient (Wildman–Crippen LogP) is 3.27. The molecule has 0 aliphatic heterocycles. The molecule has 0 unspecified atom stereocenters. The summed E-state index contributed by atoms with van der Waals surface area (Å²) >= 11 is 7.43. The maximum absolute atomic E-state index is 6.03. The zero-order valence-electron chi connectivity index (χ0n) is 8.74. The van der Waals surface area contributed by atoms with Gasteiger partial charge in [0.15, 0.2) is 5.13 Å². The van der Waals surface area contributed by atoms with Crippen molar-refractivity contribution in [3.05, 3.63) is 39.9 Å². The molecule has 2 rings (SSSR count). The van der Waals surface area contributed by atoms with Crippen LogP contribution < -0.4 is 10.5 Å². The van der Waals surface area contributed by atoms with Crippen molar-refractivity contribution in [2.24, 2.45) is 0 Å². The first-order chi connectivity index (χ1) is 7.65. The van der Waals surface area contributed by atoms with Gasteiger partial charge in [-0.15, -0.1) is 11.3 Å². The topological polar surface area (TPSA) is 48.1 Å². The molecule has 84 valence electrons. The van der Waals surface area contributed by atoms with Crippen LogP contribution in [0.15, 0.2) is 23.6 Å². The number of aromatic nitrogens is 1. The van der Waals surface area contributed by atoms with Gasteiger partial charge in [-0.3, -0.25) is 0 Å². The number of hydrogen-bond acceptors (Lipinski definition) is 4. The summed E-state index contributed by atoms with van der Waals surface area (Å²) in [6, 6.07) is 5.68. The van der Waals surface area contributed by atoms with E-state index in [-0.39, 0.29) is 0 Å². The van der Waals surface area contributed by atoms with Crippen LogP contribution in [0, 0.1) is 6.92 Å². The molecule has 2 N–H and O–H groups in total. The van der Waals surface area contributed by atoms with Crippen LogP contribution in [0.5, 0.6) is 5.75 Å². The van der Waals surface area contributed by atoms with Crippen LogP contribution in [0.4, 0.5) is 5.13 Å². The molecule has 0 radical (unpaired) electrons. The van der Waals surface area contributed by atoms with Crippen LogP contribution in [-0.2, 0) is 6.61 Å². The number of rotatable bonds is 3. The number of thiazole rings is 1. The lowest BCUT2D eigenvalue weighted by Gasteiger charge is -2.06. The summed E-state index contributed by atoms with van der Waals surface area (Å²) in [6.07, 6.45) is 0. The highest BCUT2D eigenvalue weighted by atomic mass is 35.5. The van der Waals surface area contributed by atoms with Crippen LogP contribution >= 0.6 is 22.9 Å². The Labute approximate surface area is 103 Å². The molecule has 0 fully saturated rings. The zero-order chi connectivity index (χ0) is 11.5. The number of nitrogen functional groups attached to an aromatic ring is 1. The van der Waals surface area contributed by atoms with Gasteiger partial charge in [0.05, 0.1) is 10.7 Å². The Hall–Kier alpha value is -1.26. The lowest BCUT2D eigenvalue weighted by Crippen LogP contribution is -1.97. The Morgan fingerprint density at radius 2 is 2.31 bits per heavy atom. The van der Waals surface area contributed by atoms with E-state index in [4.69, 9.17) is 22.1 Å². The van der Waals surface area contributed by atoms with Crippen molar-refractivity contribution in [3.8, 4) is 5.75 Å². The second-order valence-electron chi connectivity index (χ2n) is 3.40. The number of anilines is 1. The molecule has 5 heteroatoms. The lowest BCUT2D eigenvalue weighted by atomic mass is 10.2. The third-order valence-electron chi connectivity index (χ3n) is 2.03. The Kier molecular flexibility index (Phi) is 3.31. The number of benzene rings is 1. The molecule has 0 bridgehead atoms. The highest BCUT2D eigenvalue weighted by Crippen LogP contribution is 2.26. The highest BCUT2D eigenvalue weighted by molar-refractivity contribution is 7.13. The summed E-state index contributed by atoms with van der Waals surface area (Å²) in [5.41, 5.74) is 7.45. The van der Waals surface area contributed by atoms with E-state index >= 15 is 0 Å². The fourth-order valence-corrected chi connectivity index (χ4v) is 2.10. The SMILES string of the molecule is Cc1ccc(OCc2csc(N)n2)c(Cl)c1. The van der Waals surface area contributed by atoms with Gasteiger partial charge in [0.25, 0.3) is 0 Å². The third kappa shape index (κ3) is 2.65. The quantitative estimate of drug-likeness (QED) is 0.915. The molecule has 2 aromatic rings. The molecule has 3 nitrogen and oxygen atoms in total. The first kappa shape index (κ1) is 11.2. The number of nitrogens with zero attached hydrogens (tertiary/aromatic N) is 1. The molecule has 0 aliphatic rings. The molecule has 16 heavy (non-hydrogen) atoms. The predicted molar refractivity (Wildman–Crippen MR) is 67.0 cm³/mol. The van der Waals surface area contributed by atoms with E-state index < -0.39 is 0 Å². The van der Waals surface area contributed by atoms with Crippen LogP contribution in [-0.4, -0.2) is 4.98 Å². The van der Waals surface area contributed by atoms with Gasteiger partial charge < -0.3 is 10.5 Å². The Morgan fingerprint density at radius 1 is 1.50 bits per heavy atom. The van der Waals surface area contributed by atoms with Crippen LogP contribution in [0.3, 0.4) is 0 Å². The molecular formula is C11H11ClN2OS. The average molecular weight is 255 g/mol. The summed E-state index contributed by atoms with van der Waals surface area (Å²) in [7, 11) is 0. The minimum absolute atomic E-state index is 0.385. The molecule has 0 saturated heterocycles. The third-order valence-corrected chi connectivity index (χ3v) is 3.05. The van der Waals surface area contributed by atoms with Crippen molar-refractivity contribution in [1.82, 2.24) is 4.98 Å². The van der Waals surface area contributed by atoms with Crippen molar-refractivity contribution in [3.63, 3.8) is 0 Å². The minimum atomic E-state index is 0.385. The fourth-order valence-electron chi connectivity index (χ4n) is 1.26. The van der Waals surface area contributed by atoms with Gasteiger partial charge in [-0.1, -0.05) is 17.7 Å². The number of ether oxygens (including phenoxy) is 1. The van der Waals surface area contributed by atoms with E-state index in [0.29, 0.717) is 22.5 Å². The standard InChI is InChI=1S/C11H11ClN2OS/c1-7-2-3-10(9(12)4-7)15-5-8-6-16-11(13)14-8/h2-4,6H,5H2,1H3,(H2,13,14). The Morgan fingerprint density at radius 3 is 2.94 bits per heavy atom. The summed E-state index contributed by atoms with van der Waals surface area (Å²) < 4.78 is 5.55. The van der Waals surface area contributed by atoms with Crippen molar-refractivity contribution < 1.29 is 4.74 Å². The fraction of sp³-hybridized carbons (Fsp3) is 0.182. The smallest absolute Gasteiger partial charge is 0.180 e. The minimum Gasteiger partial charge on any atom is -0.486 e. The summed E-state index contributed by atoms with van der Waals surface area (Å²) in [6.45, 7) is 2.37. The van der Waals surface area contributed by atoms with E-state index in [1.54, 1.807) is 0 Å². The Balaban J connectivity index is 2.04. The van der Waals surface area contributed by atoms with Gasteiger partial charge in [0, 0.05) is 5.38 Å². The van der Waals surface area contributed by atoms with E-state index in [2.05, 4.69) is 4.98 Å². The molecule has 1 heterocycles. The molecule has 0 atom stereocenters. The largest absolute Gasteiger partial charge is 0.486 e. The van der Waals surface area contributed by atoms with Crippen LogP contribution in [0.25, 0.3) is 0 Å². The van der Waals surface area contributed by atoms with Crippen molar-refractivity contribution >= 4 is 28.1 Å². The molecule has 0 spiro atoms. The van der Waals surface area contributed by atoms with E-state index in [1.807, 2.05) is 30.5 Å². The second-order valence-corrected chi connectivity index (χ2v) is 4.70. The summed E-state index contributed by atoms with van der Waals surface area (Å²) in [5, 5.41) is 3.04. The van der Waals surface area contributed by atoms with E-state index in [9.17, 15) is 0 Å². The first-order valence-corrected chi connectivity index (χ1v) is 6.00. The lowest BCUT2D eigenvalue weighted by molar-refractivity contribution is 0.302. The molecule has 0 aliphatic carbocycles. The Bertz CT molecular complexity index is 498.